The first-order valence-electron chi connectivity index (χ1n) is 12.7. The van der Waals surface area contributed by atoms with Gasteiger partial charge in [-0.3, -0.25) is 9.36 Å². The smallest absolute Gasteiger partial charge is 0.350 e. The van der Waals surface area contributed by atoms with E-state index in [2.05, 4.69) is 23.4 Å². The number of carbonyl (C=O) groups excluding carboxylic acids is 1. The Kier molecular flexibility index (Phi) is 7.81. The highest BCUT2D eigenvalue weighted by molar-refractivity contribution is 7.99. The predicted molar refractivity (Wildman–Crippen MR) is 152 cm³/mol. The molecule has 0 N–H and O–H groups in total. The number of hydrogen-bond donors (Lipinski definition) is 0. The summed E-state index contributed by atoms with van der Waals surface area (Å²) >= 11 is 3.27. The van der Waals surface area contributed by atoms with Gasteiger partial charge in [0, 0.05) is 65.2 Å². The molecule has 5 rings (SSSR count). The van der Waals surface area contributed by atoms with Crippen molar-refractivity contribution >= 4 is 46.2 Å². The fourth-order valence-electron chi connectivity index (χ4n) is 5.52. The largest absolute Gasteiger partial charge is 0.352 e. The van der Waals surface area contributed by atoms with E-state index in [-0.39, 0.29) is 17.6 Å². The van der Waals surface area contributed by atoms with Gasteiger partial charge in [-0.15, -0.1) is 11.8 Å². The van der Waals surface area contributed by atoms with Gasteiger partial charge in [0.15, 0.2) is 0 Å². The van der Waals surface area contributed by atoms with Crippen molar-refractivity contribution in [3.05, 3.63) is 64.6 Å². The number of nitrogens with zero attached hydrogens (tertiary/aromatic N) is 4. The van der Waals surface area contributed by atoms with E-state index in [1.54, 1.807) is 28.1 Å². The average molecular weight is 557 g/mol. The Morgan fingerprint density at radius 2 is 2.08 bits per heavy atom. The van der Waals surface area contributed by atoms with Gasteiger partial charge in [0.2, 0.25) is 5.91 Å². The molecular weight excluding hydrogens is 526 g/mol. The standard InChI is InChI=1S/C28H30F2N4O2S2/c1-4-6-17-13-21-25-26(24(17)20-8-7-18(29)14-22(20)30)38-12-11-34(25)28(36)31-27(21)32-9-10-33(23(35)5-2)19(15-32)16-37-3/h5,7-8,13-14,19H,2,4,6,9-12,15-16H2,1,3H3. The van der Waals surface area contributed by atoms with E-state index in [0.717, 1.165) is 45.2 Å². The van der Waals surface area contributed by atoms with Crippen LogP contribution in [0.5, 0.6) is 0 Å². The van der Waals surface area contributed by atoms with Crippen molar-refractivity contribution in [2.45, 2.75) is 37.2 Å². The molecule has 0 aliphatic carbocycles. The van der Waals surface area contributed by atoms with E-state index in [1.165, 1.54) is 18.2 Å². The minimum absolute atomic E-state index is 0.0482. The lowest BCUT2D eigenvalue weighted by Gasteiger charge is -2.42. The van der Waals surface area contributed by atoms with Crippen LogP contribution in [0.4, 0.5) is 14.6 Å². The van der Waals surface area contributed by atoms with Crippen LogP contribution in [0.25, 0.3) is 22.0 Å². The molecule has 0 spiro atoms. The van der Waals surface area contributed by atoms with Gasteiger partial charge in [-0.1, -0.05) is 19.9 Å². The van der Waals surface area contributed by atoms with Gasteiger partial charge in [-0.05, 0) is 42.5 Å². The van der Waals surface area contributed by atoms with Gasteiger partial charge < -0.3 is 9.80 Å². The molecule has 38 heavy (non-hydrogen) atoms. The third-order valence-corrected chi connectivity index (χ3v) is 8.95. The summed E-state index contributed by atoms with van der Waals surface area (Å²) in [4.78, 5) is 35.1. The number of halogens is 2. The van der Waals surface area contributed by atoms with Crippen molar-refractivity contribution in [3.8, 4) is 11.1 Å². The quantitative estimate of drug-likeness (QED) is 0.383. The molecule has 1 atom stereocenters. The molecule has 1 amide bonds. The molecule has 1 aromatic heterocycles. The molecule has 1 unspecified atom stereocenters. The number of thioether (sulfide) groups is 2. The van der Waals surface area contributed by atoms with Crippen LogP contribution < -0.4 is 10.6 Å². The molecule has 0 radical (unpaired) electrons. The molecular formula is C28H30F2N4O2S2. The van der Waals surface area contributed by atoms with Crippen LogP contribution in [0.15, 0.2) is 46.6 Å². The number of anilines is 1. The second kappa shape index (κ2) is 11.1. The van der Waals surface area contributed by atoms with E-state index in [0.29, 0.717) is 49.7 Å². The molecule has 3 heterocycles. The number of aromatic nitrogens is 2. The summed E-state index contributed by atoms with van der Waals surface area (Å²) in [6.07, 6.45) is 4.89. The summed E-state index contributed by atoms with van der Waals surface area (Å²) in [6, 6.07) is 5.67. The molecule has 2 aromatic carbocycles. The number of aryl methyl sites for hydroxylation is 2. The Morgan fingerprint density at radius 3 is 2.79 bits per heavy atom. The molecule has 200 valence electrons. The molecule has 1 saturated heterocycles. The summed E-state index contributed by atoms with van der Waals surface area (Å²) in [7, 11) is 0. The number of carbonyl (C=O) groups is 1. The van der Waals surface area contributed by atoms with E-state index >= 15 is 4.39 Å². The molecule has 0 bridgehead atoms. The van der Waals surface area contributed by atoms with Crippen molar-refractivity contribution in [1.29, 1.82) is 0 Å². The van der Waals surface area contributed by atoms with Crippen molar-refractivity contribution in [2.24, 2.45) is 0 Å². The highest BCUT2D eigenvalue weighted by Crippen LogP contribution is 2.45. The highest BCUT2D eigenvalue weighted by Gasteiger charge is 2.32. The summed E-state index contributed by atoms with van der Waals surface area (Å²) in [5.74, 6) is 0.678. The summed E-state index contributed by atoms with van der Waals surface area (Å²) in [6.45, 7) is 7.81. The topological polar surface area (TPSA) is 58.4 Å². The van der Waals surface area contributed by atoms with Crippen LogP contribution in [-0.2, 0) is 17.8 Å². The highest BCUT2D eigenvalue weighted by atomic mass is 32.2. The number of piperazine rings is 1. The van der Waals surface area contributed by atoms with Gasteiger partial charge in [0.05, 0.1) is 11.6 Å². The monoisotopic (exact) mass is 556 g/mol. The molecule has 3 aromatic rings. The Morgan fingerprint density at radius 1 is 1.26 bits per heavy atom. The van der Waals surface area contributed by atoms with Gasteiger partial charge in [-0.25, -0.2) is 13.6 Å². The SMILES string of the molecule is C=CC(=O)N1CCN(c2nc(=O)n3c4c(c(-c5ccc(F)cc5F)c(CCC)cc24)SCC3)CC1CSC. The fourth-order valence-corrected chi connectivity index (χ4v) is 7.41. The number of hydrogen-bond acceptors (Lipinski definition) is 6. The third-order valence-electron chi connectivity index (χ3n) is 7.16. The summed E-state index contributed by atoms with van der Waals surface area (Å²) in [5.41, 5.74) is 2.43. The van der Waals surface area contributed by atoms with Gasteiger partial charge in [0.25, 0.3) is 0 Å². The summed E-state index contributed by atoms with van der Waals surface area (Å²) in [5, 5.41) is 0.855. The van der Waals surface area contributed by atoms with Crippen LogP contribution in [-0.4, -0.2) is 63.8 Å². The first kappa shape index (κ1) is 26.7. The minimum Gasteiger partial charge on any atom is -0.352 e. The lowest BCUT2D eigenvalue weighted by molar-refractivity contribution is -0.128. The predicted octanol–water partition coefficient (Wildman–Crippen LogP) is 4.97. The van der Waals surface area contributed by atoms with Crippen LogP contribution in [0.3, 0.4) is 0 Å². The normalized spacial score (nSPS) is 17.2. The van der Waals surface area contributed by atoms with Crippen LogP contribution in [0.1, 0.15) is 18.9 Å². The zero-order valence-electron chi connectivity index (χ0n) is 21.5. The van der Waals surface area contributed by atoms with Gasteiger partial charge in [-0.2, -0.15) is 16.7 Å². The number of benzene rings is 2. The second-order valence-corrected chi connectivity index (χ2v) is 11.5. The average Bonchev–Trinajstić information content (AvgIpc) is 2.91. The van der Waals surface area contributed by atoms with E-state index in [4.69, 9.17) is 0 Å². The van der Waals surface area contributed by atoms with Crippen molar-refractivity contribution in [2.75, 3.05) is 42.3 Å². The van der Waals surface area contributed by atoms with Gasteiger partial charge in [0.1, 0.15) is 17.5 Å². The fraction of sp³-hybridized carbons (Fsp3) is 0.393. The van der Waals surface area contributed by atoms with Crippen LogP contribution >= 0.6 is 23.5 Å². The van der Waals surface area contributed by atoms with Crippen LogP contribution in [0, 0.1) is 11.6 Å². The summed E-state index contributed by atoms with van der Waals surface area (Å²) < 4.78 is 30.6. The number of rotatable bonds is 7. The first-order valence-corrected chi connectivity index (χ1v) is 15.1. The maximum atomic E-state index is 15.1. The van der Waals surface area contributed by atoms with Crippen LogP contribution in [0.2, 0.25) is 0 Å². The lowest BCUT2D eigenvalue weighted by atomic mass is 9.93. The lowest BCUT2D eigenvalue weighted by Crippen LogP contribution is -2.56. The van der Waals surface area contributed by atoms with E-state index in [1.807, 2.05) is 17.2 Å². The molecule has 2 aliphatic heterocycles. The minimum atomic E-state index is -0.623. The zero-order chi connectivity index (χ0) is 27.0. The molecule has 1 fully saturated rings. The molecule has 6 nitrogen and oxygen atoms in total. The second-order valence-electron chi connectivity index (χ2n) is 9.52. The number of amides is 1. The Balaban J connectivity index is 1.72. The maximum Gasteiger partial charge on any atom is 0.350 e. The Hall–Kier alpha value is -2.85. The first-order chi connectivity index (χ1) is 18.4. The molecule has 0 saturated carbocycles. The van der Waals surface area contributed by atoms with E-state index in [9.17, 15) is 14.0 Å². The Labute approximate surface area is 229 Å². The third kappa shape index (κ3) is 4.73. The van der Waals surface area contributed by atoms with Crippen molar-refractivity contribution in [1.82, 2.24) is 14.5 Å². The van der Waals surface area contributed by atoms with Crippen molar-refractivity contribution < 1.29 is 13.6 Å². The maximum absolute atomic E-state index is 15.1. The molecule has 2 aliphatic rings. The molecule has 10 heteroatoms. The Bertz CT molecular complexity index is 1480. The van der Waals surface area contributed by atoms with Gasteiger partial charge >= 0.3 is 5.69 Å². The van der Waals surface area contributed by atoms with E-state index < -0.39 is 11.6 Å². The van der Waals surface area contributed by atoms with Crippen molar-refractivity contribution in [3.63, 3.8) is 0 Å². The zero-order valence-corrected chi connectivity index (χ0v) is 23.1.